The van der Waals surface area contributed by atoms with Gasteiger partial charge in [0.25, 0.3) is 11.5 Å². The van der Waals surface area contributed by atoms with Gasteiger partial charge in [-0.15, -0.1) is 0 Å². The highest BCUT2D eigenvalue weighted by molar-refractivity contribution is 5.91. The number of benzene rings is 1. The summed E-state index contributed by atoms with van der Waals surface area (Å²) in [5, 5.41) is 7.03. The Bertz CT molecular complexity index is 1320. The van der Waals surface area contributed by atoms with E-state index in [1.807, 2.05) is 0 Å². The number of hydrogen-bond acceptors (Lipinski definition) is 6. The quantitative estimate of drug-likeness (QED) is 0.488. The van der Waals surface area contributed by atoms with Crippen LogP contribution < -0.4 is 10.9 Å². The van der Waals surface area contributed by atoms with Gasteiger partial charge in [0, 0.05) is 18.9 Å². The molecule has 4 rings (SSSR count). The van der Waals surface area contributed by atoms with E-state index in [0.717, 1.165) is 12.1 Å². The molecule has 0 spiro atoms. The summed E-state index contributed by atoms with van der Waals surface area (Å²) >= 11 is 0. The van der Waals surface area contributed by atoms with E-state index in [1.165, 1.54) is 52.5 Å². The highest BCUT2D eigenvalue weighted by Gasteiger charge is 2.30. The molecule has 164 valence electrons. The van der Waals surface area contributed by atoms with Gasteiger partial charge in [-0.3, -0.25) is 19.1 Å². The Balaban J connectivity index is 1.48. The third kappa shape index (κ3) is 4.48. The second kappa shape index (κ2) is 8.57. The fourth-order valence-corrected chi connectivity index (χ4v) is 3.10. The Morgan fingerprint density at radius 3 is 2.72 bits per heavy atom. The molecule has 0 radical (unpaired) electrons. The molecule has 3 aromatic heterocycles. The van der Waals surface area contributed by atoms with Gasteiger partial charge in [-0.25, -0.2) is 14.6 Å². The largest absolute Gasteiger partial charge is 0.416 e. The lowest BCUT2D eigenvalue weighted by molar-refractivity contribution is -0.137. The molecule has 4 aromatic rings. The molecule has 0 atom stereocenters. The molecule has 0 aliphatic carbocycles. The van der Waals surface area contributed by atoms with Crippen molar-refractivity contribution >= 4 is 16.9 Å². The molecule has 1 aromatic carbocycles. The van der Waals surface area contributed by atoms with E-state index in [-0.39, 0.29) is 30.7 Å². The maximum Gasteiger partial charge on any atom is 0.416 e. The molecule has 32 heavy (non-hydrogen) atoms. The first-order valence-electron chi connectivity index (χ1n) is 9.44. The second-order valence-corrected chi connectivity index (χ2v) is 6.83. The third-order valence-corrected chi connectivity index (χ3v) is 4.63. The predicted molar refractivity (Wildman–Crippen MR) is 107 cm³/mol. The van der Waals surface area contributed by atoms with Crippen LogP contribution in [0.4, 0.5) is 13.2 Å². The molecule has 3 heterocycles. The Kier molecular flexibility index (Phi) is 5.67. The van der Waals surface area contributed by atoms with E-state index in [9.17, 15) is 22.8 Å². The summed E-state index contributed by atoms with van der Waals surface area (Å²) < 4.78 is 41.4. The van der Waals surface area contributed by atoms with E-state index in [4.69, 9.17) is 0 Å². The second-order valence-electron chi connectivity index (χ2n) is 6.83. The maximum atomic E-state index is 12.9. The zero-order valence-corrected chi connectivity index (χ0v) is 16.5. The fraction of sp³-hybridized carbons (Fsp3) is 0.200. The summed E-state index contributed by atoms with van der Waals surface area (Å²) in [6.45, 7) is 0.395. The van der Waals surface area contributed by atoms with Crippen LogP contribution in [0.5, 0.6) is 0 Å². The van der Waals surface area contributed by atoms with Gasteiger partial charge in [0.05, 0.1) is 31.0 Å². The van der Waals surface area contributed by atoms with Crippen molar-refractivity contribution in [1.82, 2.24) is 34.6 Å². The van der Waals surface area contributed by atoms with Crippen molar-refractivity contribution in [2.75, 3.05) is 6.54 Å². The van der Waals surface area contributed by atoms with Crippen LogP contribution in [0.25, 0.3) is 11.0 Å². The molecule has 9 nitrogen and oxygen atoms in total. The van der Waals surface area contributed by atoms with Crippen molar-refractivity contribution in [3.8, 4) is 0 Å². The summed E-state index contributed by atoms with van der Waals surface area (Å²) in [6, 6.07) is 4.78. The highest BCUT2D eigenvalue weighted by atomic mass is 19.4. The number of carbonyl (C=O) groups excluding carboxylic acids is 1. The summed E-state index contributed by atoms with van der Waals surface area (Å²) in [7, 11) is 0. The van der Waals surface area contributed by atoms with Crippen molar-refractivity contribution in [2.24, 2.45) is 0 Å². The van der Waals surface area contributed by atoms with Gasteiger partial charge < -0.3 is 5.32 Å². The SMILES string of the molecule is O=C(NCCn1ncc2c(=O)n(Cc3cccc(C(F)(F)F)c3)cnc21)c1cnccn1. The monoisotopic (exact) mass is 443 g/mol. The molecule has 0 saturated carbocycles. The molecule has 12 heteroatoms. The van der Waals surface area contributed by atoms with Crippen LogP contribution in [0.3, 0.4) is 0 Å². The Morgan fingerprint density at radius 1 is 1.12 bits per heavy atom. The van der Waals surface area contributed by atoms with Crippen LogP contribution in [0.1, 0.15) is 21.6 Å². The lowest BCUT2D eigenvalue weighted by Gasteiger charge is -2.10. The minimum absolute atomic E-state index is 0.0644. The average molecular weight is 443 g/mol. The number of amides is 1. The highest BCUT2D eigenvalue weighted by Crippen LogP contribution is 2.29. The van der Waals surface area contributed by atoms with Gasteiger partial charge in [-0.1, -0.05) is 12.1 Å². The van der Waals surface area contributed by atoms with E-state index in [0.29, 0.717) is 11.2 Å². The molecule has 0 saturated heterocycles. The topological polar surface area (TPSA) is 108 Å². The Morgan fingerprint density at radius 2 is 1.97 bits per heavy atom. The van der Waals surface area contributed by atoms with Gasteiger partial charge in [-0.2, -0.15) is 18.3 Å². The first-order chi connectivity index (χ1) is 15.3. The molecule has 1 amide bonds. The average Bonchev–Trinajstić information content (AvgIpc) is 3.19. The van der Waals surface area contributed by atoms with Crippen molar-refractivity contribution in [2.45, 2.75) is 19.3 Å². The number of nitrogens with zero attached hydrogens (tertiary/aromatic N) is 6. The third-order valence-electron chi connectivity index (χ3n) is 4.63. The van der Waals surface area contributed by atoms with Gasteiger partial charge in [0.2, 0.25) is 0 Å². The summed E-state index contributed by atoms with van der Waals surface area (Å²) in [4.78, 5) is 36.7. The smallest absolute Gasteiger partial charge is 0.349 e. The van der Waals surface area contributed by atoms with Gasteiger partial charge in [0.1, 0.15) is 17.4 Å². The minimum Gasteiger partial charge on any atom is -0.349 e. The first-order valence-corrected chi connectivity index (χ1v) is 9.44. The van der Waals surface area contributed by atoms with Crippen LogP contribution in [-0.2, 0) is 19.3 Å². The van der Waals surface area contributed by atoms with Crippen LogP contribution in [0.15, 0.2) is 60.2 Å². The van der Waals surface area contributed by atoms with Crippen molar-refractivity contribution in [3.63, 3.8) is 0 Å². The van der Waals surface area contributed by atoms with Gasteiger partial charge >= 0.3 is 6.18 Å². The number of alkyl halides is 3. The van der Waals surface area contributed by atoms with Crippen molar-refractivity contribution in [3.05, 3.63) is 82.6 Å². The summed E-state index contributed by atoms with van der Waals surface area (Å²) in [5.41, 5.74) is -0.407. The van der Waals surface area contributed by atoms with Crippen LogP contribution in [0, 0.1) is 0 Å². The number of rotatable bonds is 6. The molecular formula is C20H16F3N7O2. The molecule has 0 unspecified atom stereocenters. The zero-order chi connectivity index (χ0) is 22.7. The minimum atomic E-state index is -4.47. The zero-order valence-electron chi connectivity index (χ0n) is 16.5. The molecule has 0 bridgehead atoms. The van der Waals surface area contributed by atoms with Gasteiger partial charge in [-0.05, 0) is 17.7 Å². The molecule has 0 aliphatic rings. The molecule has 1 N–H and O–H groups in total. The van der Waals surface area contributed by atoms with Crippen molar-refractivity contribution < 1.29 is 18.0 Å². The first kappa shape index (κ1) is 21.2. The Labute approximate surface area is 178 Å². The standard InChI is InChI=1S/C20H16F3N7O2/c21-20(22,23)14-3-1-2-13(8-14)11-29-12-27-17-15(19(29)32)9-28-30(17)7-6-26-18(31)16-10-24-4-5-25-16/h1-5,8-10,12H,6-7,11H2,(H,26,31). The van der Waals surface area contributed by atoms with E-state index < -0.39 is 23.2 Å². The molecule has 0 aliphatic heterocycles. The van der Waals surface area contributed by atoms with E-state index in [1.54, 1.807) is 0 Å². The lowest BCUT2D eigenvalue weighted by atomic mass is 10.1. The number of halogens is 3. The maximum absolute atomic E-state index is 12.9. The number of carbonyl (C=O) groups is 1. The molecular weight excluding hydrogens is 427 g/mol. The van der Waals surface area contributed by atoms with Crippen molar-refractivity contribution in [1.29, 1.82) is 0 Å². The van der Waals surface area contributed by atoms with Crippen LogP contribution in [0.2, 0.25) is 0 Å². The predicted octanol–water partition coefficient (Wildman–Crippen LogP) is 1.88. The Hall–Kier alpha value is -4.09. The number of hydrogen-bond donors (Lipinski definition) is 1. The number of aromatic nitrogens is 6. The van der Waals surface area contributed by atoms with Crippen LogP contribution in [-0.4, -0.2) is 41.8 Å². The summed E-state index contributed by atoms with van der Waals surface area (Å²) in [5.74, 6) is -0.397. The van der Waals surface area contributed by atoms with Gasteiger partial charge in [0.15, 0.2) is 5.65 Å². The lowest BCUT2D eigenvalue weighted by Crippen LogP contribution is -2.28. The number of fused-ring (bicyclic) bond motifs is 1. The summed E-state index contributed by atoms with van der Waals surface area (Å²) in [6.07, 6.45) is 2.35. The number of nitrogens with one attached hydrogen (secondary N) is 1. The van der Waals surface area contributed by atoms with Crippen LogP contribution >= 0.6 is 0 Å². The fourth-order valence-electron chi connectivity index (χ4n) is 3.10. The normalized spacial score (nSPS) is 11.6. The molecule has 0 fully saturated rings. The van der Waals surface area contributed by atoms with E-state index in [2.05, 4.69) is 25.4 Å². The van der Waals surface area contributed by atoms with E-state index >= 15 is 0 Å².